The van der Waals surface area contributed by atoms with Crippen LogP contribution in [0.5, 0.6) is 0 Å². The topological polar surface area (TPSA) is 86.4 Å². The van der Waals surface area contributed by atoms with E-state index in [9.17, 15) is 0 Å². The number of aromatic amines is 2. The number of aromatic nitrogens is 6. The van der Waals surface area contributed by atoms with Crippen LogP contribution < -0.4 is 0 Å². The van der Waals surface area contributed by atoms with E-state index in [0.29, 0.717) is 33.6 Å². The van der Waals surface area contributed by atoms with Gasteiger partial charge in [-0.3, -0.25) is 10.1 Å². The number of hydrogen-bond donors (Lipinski definition) is 2. The van der Waals surface area contributed by atoms with Gasteiger partial charge in [-0.05, 0) is 66.3 Å². The van der Waals surface area contributed by atoms with Gasteiger partial charge in [0.25, 0.3) is 0 Å². The van der Waals surface area contributed by atoms with E-state index in [1.807, 2.05) is 43.7 Å². The summed E-state index contributed by atoms with van der Waals surface area (Å²) in [4.78, 5) is 18.7. The van der Waals surface area contributed by atoms with Crippen molar-refractivity contribution < 1.29 is 4.39 Å². The molecule has 168 valence electrons. The van der Waals surface area contributed by atoms with E-state index in [0.717, 1.165) is 34.3 Å². The summed E-state index contributed by atoms with van der Waals surface area (Å²) in [5.41, 5.74) is 6.65. The van der Waals surface area contributed by atoms with Crippen molar-refractivity contribution in [3.05, 3.63) is 71.1 Å². The average molecular weight is 470 g/mol. The number of thiophene rings is 1. The Labute approximate surface area is 198 Å². The molecule has 1 aromatic carbocycles. The first-order valence-electron chi connectivity index (χ1n) is 10.7. The first-order valence-corrected chi connectivity index (χ1v) is 11.7. The Morgan fingerprint density at radius 1 is 1.06 bits per heavy atom. The zero-order valence-corrected chi connectivity index (χ0v) is 19.3. The number of nitrogens with one attached hydrogen (secondary N) is 2. The highest BCUT2D eigenvalue weighted by Gasteiger charge is 2.20. The number of nitrogens with zero attached hydrogens (tertiary/aromatic N) is 5. The molecule has 0 bridgehead atoms. The van der Waals surface area contributed by atoms with Crippen molar-refractivity contribution in [2.75, 3.05) is 14.1 Å². The molecular formula is C25H20FN7S. The normalized spacial score (nSPS) is 11.8. The van der Waals surface area contributed by atoms with Crippen molar-refractivity contribution in [3.8, 4) is 33.8 Å². The molecule has 2 N–H and O–H groups in total. The summed E-state index contributed by atoms with van der Waals surface area (Å²) in [6.07, 6.45) is 5.21. The van der Waals surface area contributed by atoms with Crippen LogP contribution in [0.4, 0.5) is 4.39 Å². The molecule has 6 rings (SSSR count). The van der Waals surface area contributed by atoms with Crippen molar-refractivity contribution in [1.82, 2.24) is 35.0 Å². The highest BCUT2D eigenvalue weighted by molar-refractivity contribution is 7.08. The highest BCUT2D eigenvalue weighted by Crippen LogP contribution is 2.35. The van der Waals surface area contributed by atoms with Gasteiger partial charge < -0.3 is 9.88 Å². The molecule has 0 radical (unpaired) electrons. The van der Waals surface area contributed by atoms with E-state index in [1.165, 1.54) is 0 Å². The lowest BCUT2D eigenvalue weighted by molar-refractivity contribution is 0.402. The zero-order valence-electron chi connectivity index (χ0n) is 18.5. The molecule has 0 spiro atoms. The number of fused-ring (bicyclic) bond motifs is 2. The summed E-state index contributed by atoms with van der Waals surface area (Å²) in [6, 6.07) is 9.55. The molecule has 0 aliphatic rings. The Morgan fingerprint density at radius 3 is 2.79 bits per heavy atom. The van der Waals surface area contributed by atoms with Crippen LogP contribution in [0, 0.1) is 5.82 Å². The second-order valence-corrected chi connectivity index (χ2v) is 9.18. The third-order valence-electron chi connectivity index (χ3n) is 5.72. The van der Waals surface area contributed by atoms with Gasteiger partial charge in [-0.1, -0.05) is 0 Å². The largest absolute Gasteiger partial charge is 0.335 e. The van der Waals surface area contributed by atoms with Crippen molar-refractivity contribution in [1.29, 1.82) is 0 Å². The van der Waals surface area contributed by atoms with Gasteiger partial charge in [0.1, 0.15) is 11.5 Å². The maximum absolute atomic E-state index is 15.9. The fourth-order valence-corrected chi connectivity index (χ4v) is 4.89. The molecule has 0 saturated heterocycles. The minimum Gasteiger partial charge on any atom is -0.335 e. The number of halogens is 1. The molecule has 34 heavy (non-hydrogen) atoms. The Hall–Kier alpha value is -3.95. The molecule has 0 aliphatic heterocycles. The summed E-state index contributed by atoms with van der Waals surface area (Å²) in [5.74, 6) is 0.100. The molecule has 0 atom stereocenters. The third kappa shape index (κ3) is 3.46. The minimum absolute atomic E-state index is 0.364. The SMILES string of the molecule is CN(C)Cc1cncc(-c2ccc3[nH]nc(-c4nc5nccc(-c6ccsc6)c5[nH]4)c3c2F)c1. The molecule has 0 amide bonds. The summed E-state index contributed by atoms with van der Waals surface area (Å²) >= 11 is 1.63. The Bertz CT molecular complexity index is 1630. The number of hydrogen-bond acceptors (Lipinski definition) is 6. The number of pyridine rings is 2. The van der Waals surface area contributed by atoms with E-state index in [-0.39, 0.29) is 5.82 Å². The number of benzene rings is 1. The molecular weight excluding hydrogens is 449 g/mol. The van der Waals surface area contributed by atoms with E-state index >= 15 is 4.39 Å². The van der Waals surface area contributed by atoms with Gasteiger partial charge >= 0.3 is 0 Å². The Kier molecular flexibility index (Phi) is 4.93. The third-order valence-corrected chi connectivity index (χ3v) is 6.40. The molecule has 0 saturated carbocycles. The second-order valence-electron chi connectivity index (χ2n) is 8.40. The maximum atomic E-state index is 15.9. The predicted octanol–water partition coefficient (Wildman–Crippen LogP) is 5.49. The van der Waals surface area contributed by atoms with Gasteiger partial charge in [0.15, 0.2) is 11.5 Å². The molecule has 6 aromatic rings. The number of H-pyrrole nitrogens is 2. The van der Waals surface area contributed by atoms with Crippen LogP contribution in [-0.4, -0.2) is 49.1 Å². The van der Waals surface area contributed by atoms with Crippen molar-refractivity contribution >= 4 is 33.4 Å². The lowest BCUT2D eigenvalue weighted by Gasteiger charge is -2.11. The van der Waals surface area contributed by atoms with E-state index in [2.05, 4.69) is 40.4 Å². The Balaban J connectivity index is 1.50. The van der Waals surface area contributed by atoms with E-state index < -0.39 is 0 Å². The fourth-order valence-electron chi connectivity index (χ4n) is 4.24. The van der Waals surface area contributed by atoms with Crippen LogP contribution in [0.1, 0.15) is 5.56 Å². The van der Waals surface area contributed by atoms with Crippen LogP contribution in [0.2, 0.25) is 0 Å². The lowest BCUT2D eigenvalue weighted by Crippen LogP contribution is -2.10. The average Bonchev–Trinajstić information content (AvgIpc) is 3.57. The molecule has 9 heteroatoms. The quantitative estimate of drug-likeness (QED) is 0.349. The summed E-state index contributed by atoms with van der Waals surface area (Å²) in [5, 5.41) is 11.8. The highest BCUT2D eigenvalue weighted by atomic mass is 32.1. The van der Waals surface area contributed by atoms with Gasteiger partial charge in [-0.2, -0.15) is 16.4 Å². The van der Waals surface area contributed by atoms with Crippen LogP contribution in [-0.2, 0) is 6.54 Å². The molecule has 0 fully saturated rings. The Morgan fingerprint density at radius 2 is 1.97 bits per heavy atom. The number of rotatable bonds is 5. The first kappa shape index (κ1) is 20.6. The minimum atomic E-state index is -0.364. The van der Waals surface area contributed by atoms with Crippen LogP contribution in [0.3, 0.4) is 0 Å². The zero-order chi connectivity index (χ0) is 23.2. The predicted molar refractivity (Wildman–Crippen MR) is 133 cm³/mol. The molecule has 5 aromatic heterocycles. The van der Waals surface area contributed by atoms with Crippen LogP contribution >= 0.6 is 11.3 Å². The fraction of sp³-hybridized carbons (Fsp3) is 0.120. The van der Waals surface area contributed by atoms with Crippen molar-refractivity contribution in [2.45, 2.75) is 6.54 Å². The standard InChI is InChI=1S/C25H20FN7S/c1-33(2)12-14-9-16(11-27-10-14)17-3-4-19-20(21(17)26)23(32-31-19)25-29-22-18(15-6-8-34-13-15)5-7-28-24(22)30-25/h3-11,13H,12H2,1-2H3,(H,31,32)(H,28,29,30). The van der Waals surface area contributed by atoms with Crippen LogP contribution in [0.15, 0.2) is 59.7 Å². The molecule has 0 aliphatic carbocycles. The van der Waals surface area contributed by atoms with Crippen LogP contribution in [0.25, 0.3) is 55.8 Å². The van der Waals surface area contributed by atoms with Gasteiger partial charge in [0.2, 0.25) is 0 Å². The van der Waals surface area contributed by atoms with E-state index in [4.69, 9.17) is 0 Å². The monoisotopic (exact) mass is 469 g/mol. The van der Waals surface area contributed by atoms with E-state index in [1.54, 1.807) is 36.0 Å². The van der Waals surface area contributed by atoms with Gasteiger partial charge in [-0.25, -0.2) is 14.4 Å². The number of imidazole rings is 1. The summed E-state index contributed by atoms with van der Waals surface area (Å²) in [7, 11) is 3.98. The lowest BCUT2D eigenvalue weighted by atomic mass is 10.0. The first-order chi connectivity index (χ1) is 16.6. The molecule has 7 nitrogen and oxygen atoms in total. The van der Waals surface area contributed by atoms with Crippen molar-refractivity contribution in [3.63, 3.8) is 0 Å². The van der Waals surface area contributed by atoms with Gasteiger partial charge in [0.05, 0.1) is 16.4 Å². The second kappa shape index (κ2) is 8.12. The van der Waals surface area contributed by atoms with Gasteiger partial charge in [-0.15, -0.1) is 0 Å². The summed E-state index contributed by atoms with van der Waals surface area (Å²) < 4.78 is 15.9. The van der Waals surface area contributed by atoms with Gasteiger partial charge in [0, 0.05) is 41.8 Å². The van der Waals surface area contributed by atoms with Crippen molar-refractivity contribution in [2.24, 2.45) is 0 Å². The molecule has 0 unspecified atom stereocenters. The maximum Gasteiger partial charge on any atom is 0.178 e. The smallest absolute Gasteiger partial charge is 0.178 e. The molecule has 5 heterocycles. The summed E-state index contributed by atoms with van der Waals surface area (Å²) in [6.45, 7) is 0.722.